The summed E-state index contributed by atoms with van der Waals surface area (Å²) in [6.45, 7) is 1.74. The van der Waals surface area contributed by atoms with Gasteiger partial charge in [0.15, 0.2) is 6.61 Å². The van der Waals surface area contributed by atoms with Crippen LogP contribution in [0, 0.1) is 6.92 Å². The first-order chi connectivity index (χ1) is 12.5. The molecule has 0 saturated carbocycles. The second-order valence-corrected chi connectivity index (χ2v) is 6.04. The van der Waals surface area contributed by atoms with Gasteiger partial charge in [-0.2, -0.15) is 5.10 Å². The number of halogens is 1. The third kappa shape index (κ3) is 4.49. The van der Waals surface area contributed by atoms with Crippen LogP contribution in [-0.4, -0.2) is 22.7 Å². The number of carbonyl (C=O) groups excluding carboxylic acids is 1. The molecular formula is C19H16ClN3O3. The van der Waals surface area contributed by atoms with Crippen LogP contribution in [0.3, 0.4) is 0 Å². The SMILES string of the molecule is Cc1cc(OCC(=O)Nc2cccc(-c3ccc(=O)[nH]n3)c2)ccc1Cl. The summed E-state index contributed by atoms with van der Waals surface area (Å²) in [6.07, 6.45) is 0. The van der Waals surface area contributed by atoms with Gasteiger partial charge in [0.1, 0.15) is 5.75 Å². The minimum absolute atomic E-state index is 0.123. The lowest BCUT2D eigenvalue weighted by Gasteiger charge is -2.09. The summed E-state index contributed by atoms with van der Waals surface area (Å²) in [4.78, 5) is 23.2. The predicted octanol–water partition coefficient (Wildman–Crippen LogP) is 3.42. The fraction of sp³-hybridized carbons (Fsp3) is 0.105. The van der Waals surface area contributed by atoms with Gasteiger partial charge < -0.3 is 10.1 Å². The first kappa shape index (κ1) is 17.7. The fourth-order valence-electron chi connectivity index (χ4n) is 2.31. The maximum atomic E-state index is 12.1. The summed E-state index contributed by atoms with van der Waals surface area (Å²) >= 11 is 5.97. The Bertz CT molecular complexity index is 981. The van der Waals surface area contributed by atoms with E-state index >= 15 is 0 Å². The van der Waals surface area contributed by atoms with Gasteiger partial charge in [-0.1, -0.05) is 23.7 Å². The summed E-state index contributed by atoms with van der Waals surface area (Å²) in [5, 5.41) is 9.78. The number of nitrogens with zero attached hydrogens (tertiary/aromatic N) is 1. The van der Waals surface area contributed by atoms with E-state index in [-0.39, 0.29) is 18.1 Å². The van der Waals surface area contributed by atoms with Gasteiger partial charge in [-0.05, 0) is 48.9 Å². The van der Waals surface area contributed by atoms with Crippen LogP contribution in [0.15, 0.2) is 59.4 Å². The third-order valence-electron chi connectivity index (χ3n) is 3.62. The molecule has 1 amide bonds. The van der Waals surface area contributed by atoms with Gasteiger partial charge in [0.05, 0.1) is 5.69 Å². The van der Waals surface area contributed by atoms with Gasteiger partial charge in [-0.15, -0.1) is 0 Å². The molecule has 1 heterocycles. The molecule has 0 bridgehead atoms. The first-order valence-electron chi connectivity index (χ1n) is 7.86. The Morgan fingerprint density at radius 2 is 2.04 bits per heavy atom. The molecule has 0 radical (unpaired) electrons. The van der Waals surface area contributed by atoms with Gasteiger partial charge in [-0.3, -0.25) is 9.59 Å². The van der Waals surface area contributed by atoms with Crippen LogP contribution in [0.4, 0.5) is 5.69 Å². The number of rotatable bonds is 5. The van der Waals surface area contributed by atoms with Crippen molar-refractivity contribution in [2.75, 3.05) is 11.9 Å². The molecule has 0 saturated heterocycles. The second kappa shape index (κ2) is 7.84. The number of aromatic amines is 1. The van der Waals surface area contributed by atoms with Crippen molar-refractivity contribution in [3.8, 4) is 17.0 Å². The Morgan fingerprint density at radius 3 is 2.77 bits per heavy atom. The maximum Gasteiger partial charge on any atom is 0.264 e. The Morgan fingerprint density at radius 1 is 1.19 bits per heavy atom. The monoisotopic (exact) mass is 369 g/mol. The highest BCUT2D eigenvalue weighted by atomic mass is 35.5. The fourth-order valence-corrected chi connectivity index (χ4v) is 2.43. The molecule has 0 fully saturated rings. The highest BCUT2D eigenvalue weighted by Crippen LogP contribution is 2.22. The van der Waals surface area contributed by atoms with Crippen molar-refractivity contribution in [3.63, 3.8) is 0 Å². The number of amides is 1. The number of H-pyrrole nitrogens is 1. The van der Waals surface area contributed by atoms with Gasteiger partial charge in [0.2, 0.25) is 0 Å². The van der Waals surface area contributed by atoms with Crippen LogP contribution in [0.25, 0.3) is 11.3 Å². The Kier molecular flexibility index (Phi) is 5.34. The van der Waals surface area contributed by atoms with E-state index in [1.54, 1.807) is 42.5 Å². The zero-order valence-electron chi connectivity index (χ0n) is 14.0. The largest absolute Gasteiger partial charge is 0.484 e. The van der Waals surface area contributed by atoms with E-state index in [1.165, 1.54) is 6.07 Å². The van der Waals surface area contributed by atoms with E-state index in [4.69, 9.17) is 16.3 Å². The van der Waals surface area contributed by atoms with Crippen molar-refractivity contribution < 1.29 is 9.53 Å². The lowest BCUT2D eigenvalue weighted by Crippen LogP contribution is -2.20. The molecule has 0 spiro atoms. The predicted molar refractivity (Wildman–Crippen MR) is 101 cm³/mol. The molecule has 2 N–H and O–H groups in total. The van der Waals surface area contributed by atoms with Crippen molar-refractivity contribution in [1.82, 2.24) is 10.2 Å². The van der Waals surface area contributed by atoms with Crippen LogP contribution in [0.2, 0.25) is 5.02 Å². The number of hydrogen-bond donors (Lipinski definition) is 2. The minimum atomic E-state index is -0.288. The van der Waals surface area contributed by atoms with Crippen LogP contribution in [0.1, 0.15) is 5.56 Å². The number of carbonyl (C=O) groups is 1. The molecule has 3 rings (SSSR count). The number of ether oxygens (including phenoxy) is 1. The molecule has 0 aliphatic rings. The maximum absolute atomic E-state index is 12.1. The van der Waals surface area contributed by atoms with E-state index in [1.807, 2.05) is 13.0 Å². The summed E-state index contributed by atoms with van der Waals surface area (Å²) in [5.74, 6) is 0.289. The quantitative estimate of drug-likeness (QED) is 0.721. The van der Waals surface area contributed by atoms with Crippen molar-refractivity contribution in [2.45, 2.75) is 6.92 Å². The number of nitrogens with one attached hydrogen (secondary N) is 2. The number of benzene rings is 2. The number of hydrogen-bond acceptors (Lipinski definition) is 4. The molecule has 0 atom stereocenters. The van der Waals surface area contributed by atoms with Gasteiger partial charge in [-0.25, -0.2) is 5.10 Å². The van der Waals surface area contributed by atoms with Gasteiger partial charge in [0, 0.05) is 22.3 Å². The van der Waals surface area contributed by atoms with E-state index < -0.39 is 0 Å². The average molecular weight is 370 g/mol. The highest BCUT2D eigenvalue weighted by molar-refractivity contribution is 6.31. The minimum Gasteiger partial charge on any atom is -0.484 e. The molecule has 1 aromatic heterocycles. The number of anilines is 1. The van der Waals surface area contributed by atoms with E-state index in [2.05, 4.69) is 15.5 Å². The molecule has 2 aromatic carbocycles. The Hall–Kier alpha value is -3.12. The first-order valence-corrected chi connectivity index (χ1v) is 8.24. The summed E-state index contributed by atoms with van der Waals surface area (Å²) < 4.78 is 5.48. The van der Waals surface area contributed by atoms with Crippen LogP contribution in [0.5, 0.6) is 5.75 Å². The molecule has 3 aromatic rings. The van der Waals surface area contributed by atoms with Crippen molar-refractivity contribution >= 4 is 23.2 Å². The van der Waals surface area contributed by atoms with E-state index in [0.717, 1.165) is 11.1 Å². The number of aryl methyl sites for hydroxylation is 1. The van der Waals surface area contributed by atoms with E-state index in [0.29, 0.717) is 22.2 Å². The average Bonchev–Trinajstić information content (AvgIpc) is 2.63. The lowest BCUT2D eigenvalue weighted by atomic mass is 10.1. The molecule has 6 nitrogen and oxygen atoms in total. The summed E-state index contributed by atoms with van der Waals surface area (Å²) in [6, 6.07) is 15.4. The van der Waals surface area contributed by atoms with E-state index in [9.17, 15) is 9.59 Å². The Balaban J connectivity index is 1.64. The standard InChI is InChI=1S/C19H16ClN3O3/c1-12-9-15(5-6-16(12)20)26-11-19(25)21-14-4-2-3-13(10-14)17-7-8-18(24)23-22-17/h2-10H,11H2,1H3,(H,21,25)(H,23,24). The second-order valence-electron chi connectivity index (χ2n) is 5.64. The summed E-state index contributed by atoms with van der Waals surface area (Å²) in [5.41, 5.74) is 2.59. The molecule has 7 heteroatoms. The molecule has 0 aliphatic heterocycles. The topological polar surface area (TPSA) is 84.1 Å². The van der Waals surface area contributed by atoms with Gasteiger partial charge in [0.25, 0.3) is 11.5 Å². The zero-order valence-corrected chi connectivity index (χ0v) is 14.7. The summed E-state index contributed by atoms with van der Waals surface area (Å²) in [7, 11) is 0. The van der Waals surface area contributed by atoms with Crippen molar-refractivity contribution in [2.24, 2.45) is 0 Å². The lowest BCUT2D eigenvalue weighted by molar-refractivity contribution is -0.118. The van der Waals surface area contributed by atoms with Crippen LogP contribution >= 0.6 is 11.6 Å². The normalized spacial score (nSPS) is 10.4. The van der Waals surface area contributed by atoms with Crippen LogP contribution < -0.4 is 15.6 Å². The van der Waals surface area contributed by atoms with Crippen LogP contribution in [-0.2, 0) is 4.79 Å². The van der Waals surface area contributed by atoms with Crippen molar-refractivity contribution in [1.29, 1.82) is 0 Å². The number of aromatic nitrogens is 2. The smallest absolute Gasteiger partial charge is 0.264 e. The molecular weight excluding hydrogens is 354 g/mol. The molecule has 26 heavy (non-hydrogen) atoms. The molecule has 132 valence electrons. The molecule has 0 unspecified atom stereocenters. The van der Waals surface area contributed by atoms with Gasteiger partial charge >= 0.3 is 0 Å². The zero-order chi connectivity index (χ0) is 18.5. The molecule has 0 aliphatic carbocycles. The Labute approximate surface area is 154 Å². The van der Waals surface area contributed by atoms with Crippen molar-refractivity contribution in [3.05, 3.63) is 75.5 Å². The third-order valence-corrected chi connectivity index (χ3v) is 4.04. The highest BCUT2D eigenvalue weighted by Gasteiger charge is 2.07.